The third kappa shape index (κ3) is 3.94. The van der Waals surface area contributed by atoms with Crippen LogP contribution in [0.25, 0.3) is 0 Å². The number of nitrogens with one attached hydrogen (secondary N) is 1. The molecule has 21 heavy (non-hydrogen) atoms. The fraction of sp³-hybridized carbons (Fsp3) is 0.308. The van der Waals surface area contributed by atoms with Crippen molar-refractivity contribution >= 4 is 0 Å². The Morgan fingerprint density at radius 1 is 1.29 bits per heavy atom. The number of aromatic nitrogens is 1. The van der Waals surface area contributed by atoms with E-state index in [1.54, 1.807) is 13.1 Å². The monoisotopic (exact) mass is 304 g/mol. The molecular formula is C13H12F4N2O2. The van der Waals surface area contributed by atoms with Gasteiger partial charge in [-0.05, 0) is 25.2 Å². The molecule has 114 valence electrons. The molecule has 0 amide bonds. The molecule has 0 unspecified atom stereocenters. The van der Waals surface area contributed by atoms with Gasteiger partial charge in [-0.15, -0.1) is 0 Å². The number of benzene rings is 1. The van der Waals surface area contributed by atoms with Gasteiger partial charge in [0.1, 0.15) is 18.2 Å². The predicted molar refractivity (Wildman–Crippen MR) is 65.0 cm³/mol. The summed E-state index contributed by atoms with van der Waals surface area (Å²) in [7, 11) is 1.74. The Labute approximate surface area is 117 Å². The molecule has 2 aromatic rings. The average molecular weight is 304 g/mol. The molecule has 0 saturated heterocycles. The second-order valence-electron chi connectivity index (χ2n) is 4.24. The molecule has 0 aliphatic rings. The first-order valence-corrected chi connectivity index (χ1v) is 5.99. The third-order valence-electron chi connectivity index (χ3n) is 2.59. The van der Waals surface area contributed by atoms with Gasteiger partial charge in [-0.2, -0.15) is 13.2 Å². The maximum Gasteiger partial charge on any atom is 0.419 e. The maximum atomic E-state index is 13.1. The highest BCUT2D eigenvalue weighted by atomic mass is 19.4. The Bertz CT molecular complexity index is 610. The van der Waals surface area contributed by atoms with Gasteiger partial charge in [0.05, 0.1) is 11.3 Å². The minimum absolute atomic E-state index is 0.0976. The maximum absolute atomic E-state index is 13.1. The van der Waals surface area contributed by atoms with Crippen LogP contribution in [-0.2, 0) is 19.3 Å². The van der Waals surface area contributed by atoms with Crippen LogP contribution >= 0.6 is 0 Å². The number of hydrogen-bond acceptors (Lipinski definition) is 4. The van der Waals surface area contributed by atoms with Gasteiger partial charge >= 0.3 is 6.18 Å². The Kier molecular flexibility index (Phi) is 4.46. The first kappa shape index (κ1) is 15.3. The smallest absolute Gasteiger partial charge is 0.419 e. The molecule has 4 nitrogen and oxygen atoms in total. The van der Waals surface area contributed by atoms with Crippen LogP contribution in [-0.4, -0.2) is 12.2 Å². The van der Waals surface area contributed by atoms with Gasteiger partial charge in [0.25, 0.3) is 0 Å². The quantitative estimate of drug-likeness (QED) is 0.862. The summed E-state index contributed by atoms with van der Waals surface area (Å²) >= 11 is 0. The lowest BCUT2D eigenvalue weighted by Crippen LogP contribution is -2.08. The summed E-state index contributed by atoms with van der Waals surface area (Å²) in [5, 5.41) is 6.60. The molecule has 8 heteroatoms. The van der Waals surface area contributed by atoms with Crippen LogP contribution in [0.4, 0.5) is 17.6 Å². The SMILES string of the molecule is CNCc1cc(COc2ccc(F)c(C(F)(F)F)c2)on1. The highest BCUT2D eigenvalue weighted by molar-refractivity contribution is 5.31. The van der Waals surface area contributed by atoms with E-state index >= 15 is 0 Å². The van der Waals surface area contributed by atoms with Gasteiger partial charge in [0.15, 0.2) is 5.76 Å². The molecule has 0 saturated carbocycles. The van der Waals surface area contributed by atoms with Gasteiger partial charge in [-0.1, -0.05) is 5.16 Å². The van der Waals surface area contributed by atoms with Gasteiger partial charge in [0, 0.05) is 12.6 Å². The number of halogens is 4. The van der Waals surface area contributed by atoms with E-state index in [4.69, 9.17) is 9.26 Å². The van der Waals surface area contributed by atoms with E-state index in [1.165, 1.54) is 0 Å². The van der Waals surface area contributed by atoms with Gasteiger partial charge in [-0.3, -0.25) is 0 Å². The summed E-state index contributed by atoms with van der Waals surface area (Å²) in [5.74, 6) is -1.08. The van der Waals surface area contributed by atoms with Gasteiger partial charge < -0.3 is 14.6 Å². The number of alkyl halides is 3. The first-order chi connectivity index (χ1) is 9.90. The van der Waals surface area contributed by atoms with E-state index in [0.29, 0.717) is 30.1 Å². The van der Waals surface area contributed by atoms with E-state index in [2.05, 4.69) is 10.5 Å². The lowest BCUT2D eigenvalue weighted by Gasteiger charge is -2.10. The fourth-order valence-electron chi connectivity index (χ4n) is 1.65. The van der Waals surface area contributed by atoms with Crippen LogP contribution in [0.3, 0.4) is 0 Å². The largest absolute Gasteiger partial charge is 0.486 e. The van der Waals surface area contributed by atoms with Crippen molar-refractivity contribution in [3.63, 3.8) is 0 Å². The Hall–Kier alpha value is -2.09. The van der Waals surface area contributed by atoms with Crippen LogP contribution in [0.2, 0.25) is 0 Å². The Morgan fingerprint density at radius 2 is 2.05 bits per heavy atom. The molecule has 0 aliphatic carbocycles. The molecule has 0 aliphatic heterocycles. The van der Waals surface area contributed by atoms with Crippen LogP contribution < -0.4 is 10.1 Å². The summed E-state index contributed by atoms with van der Waals surface area (Å²) in [6, 6.07) is 4.06. The van der Waals surface area contributed by atoms with Crippen molar-refractivity contribution in [2.75, 3.05) is 7.05 Å². The Balaban J connectivity index is 2.06. The van der Waals surface area contributed by atoms with E-state index in [1.807, 2.05) is 0 Å². The van der Waals surface area contributed by atoms with Crippen molar-refractivity contribution in [1.29, 1.82) is 0 Å². The van der Waals surface area contributed by atoms with Crippen LogP contribution in [0.5, 0.6) is 5.75 Å². The number of ether oxygens (including phenoxy) is 1. The normalized spacial score (nSPS) is 11.7. The summed E-state index contributed by atoms with van der Waals surface area (Å²) in [6.07, 6.45) is -4.77. The molecule has 0 fully saturated rings. The molecule has 0 bridgehead atoms. The highest BCUT2D eigenvalue weighted by Gasteiger charge is 2.34. The molecule has 1 N–H and O–H groups in total. The number of hydrogen-bond donors (Lipinski definition) is 1. The lowest BCUT2D eigenvalue weighted by atomic mass is 10.2. The lowest BCUT2D eigenvalue weighted by molar-refractivity contribution is -0.140. The summed E-state index contributed by atoms with van der Waals surface area (Å²) in [4.78, 5) is 0. The molecule has 0 radical (unpaired) electrons. The van der Waals surface area contributed by atoms with Crippen LogP contribution in [0.15, 0.2) is 28.8 Å². The zero-order valence-corrected chi connectivity index (χ0v) is 11.0. The van der Waals surface area contributed by atoms with Crippen molar-refractivity contribution in [2.45, 2.75) is 19.3 Å². The molecule has 1 aromatic carbocycles. The standard InChI is InChI=1S/C13H12F4N2O2/c1-18-6-8-4-10(21-19-8)7-20-9-2-3-12(14)11(5-9)13(15,16)17/h2-5,18H,6-7H2,1H3. The zero-order valence-electron chi connectivity index (χ0n) is 11.0. The van der Waals surface area contributed by atoms with Crippen molar-refractivity contribution in [1.82, 2.24) is 10.5 Å². The molecule has 0 spiro atoms. The number of rotatable bonds is 5. The summed E-state index contributed by atoms with van der Waals surface area (Å²) in [5.41, 5.74) is -0.723. The number of nitrogens with zero attached hydrogens (tertiary/aromatic N) is 1. The van der Waals surface area contributed by atoms with Crippen LogP contribution in [0, 0.1) is 5.82 Å². The second kappa shape index (κ2) is 6.13. The topological polar surface area (TPSA) is 47.3 Å². The fourth-order valence-corrected chi connectivity index (χ4v) is 1.65. The van der Waals surface area contributed by atoms with E-state index < -0.39 is 17.6 Å². The third-order valence-corrected chi connectivity index (χ3v) is 2.59. The van der Waals surface area contributed by atoms with E-state index in [-0.39, 0.29) is 12.4 Å². The van der Waals surface area contributed by atoms with Crippen LogP contribution in [0.1, 0.15) is 17.0 Å². The summed E-state index contributed by atoms with van der Waals surface area (Å²) < 4.78 is 60.9. The average Bonchev–Trinajstić information content (AvgIpc) is 2.85. The van der Waals surface area contributed by atoms with Crippen molar-refractivity contribution in [3.8, 4) is 5.75 Å². The molecular weight excluding hydrogens is 292 g/mol. The summed E-state index contributed by atoms with van der Waals surface area (Å²) in [6.45, 7) is 0.401. The van der Waals surface area contributed by atoms with Gasteiger partial charge in [0.2, 0.25) is 0 Å². The minimum atomic E-state index is -4.77. The predicted octanol–water partition coefficient (Wildman–Crippen LogP) is 3.13. The Morgan fingerprint density at radius 3 is 2.71 bits per heavy atom. The van der Waals surface area contributed by atoms with Crippen molar-refractivity contribution in [2.24, 2.45) is 0 Å². The molecule has 2 rings (SSSR count). The second-order valence-corrected chi connectivity index (χ2v) is 4.24. The molecule has 1 aromatic heterocycles. The molecule has 1 heterocycles. The zero-order chi connectivity index (χ0) is 15.5. The van der Waals surface area contributed by atoms with Gasteiger partial charge in [-0.25, -0.2) is 4.39 Å². The van der Waals surface area contributed by atoms with E-state index in [0.717, 1.165) is 6.07 Å². The molecule has 0 atom stereocenters. The van der Waals surface area contributed by atoms with Crippen molar-refractivity contribution in [3.05, 3.63) is 47.1 Å². The van der Waals surface area contributed by atoms with Crippen molar-refractivity contribution < 1.29 is 26.8 Å². The van der Waals surface area contributed by atoms with E-state index in [9.17, 15) is 17.6 Å². The first-order valence-electron chi connectivity index (χ1n) is 5.99. The highest BCUT2D eigenvalue weighted by Crippen LogP contribution is 2.33. The minimum Gasteiger partial charge on any atom is -0.486 e.